The highest BCUT2D eigenvalue weighted by Gasteiger charge is 2.43. The van der Waals surface area contributed by atoms with Gasteiger partial charge < -0.3 is 15.7 Å². The molecule has 20 heavy (non-hydrogen) atoms. The third-order valence-electron chi connectivity index (χ3n) is 2.23. The number of hydrogen-bond donors (Lipinski definition) is 2. The number of halogens is 6. The Bertz CT molecular complexity index is 500. The van der Waals surface area contributed by atoms with Crippen LogP contribution in [0.3, 0.4) is 0 Å². The van der Waals surface area contributed by atoms with Crippen molar-refractivity contribution in [3.63, 3.8) is 0 Å². The maximum Gasteiger partial charge on any atom is 0.402 e. The summed E-state index contributed by atoms with van der Waals surface area (Å²) in [7, 11) is 0. The van der Waals surface area contributed by atoms with E-state index in [2.05, 4.69) is 52.9 Å². The largest absolute Gasteiger partial charge is 0.490 e. The van der Waals surface area contributed by atoms with Crippen LogP contribution >= 0.6 is 47.8 Å². The van der Waals surface area contributed by atoms with Gasteiger partial charge in [-0.3, -0.25) is 0 Å². The minimum absolute atomic E-state index is 0.188. The lowest BCUT2D eigenvalue weighted by Crippen LogP contribution is -2.40. The zero-order valence-corrected chi connectivity index (χ0v) is 14.3. The number of rotatable bonds is 4. The molecular weight excluding hydrogens is 477 g/mol. The van der Waals surface area contributed by atoms with E-state index < -0.39 is 24.5 Å². The maximum absolute atomic E-state index is 12.7. The van der Waals surface area contributed by atoms with Crippen LogP contribution in [0.4, 0.5) is 13.2 Å². The van der Waals surface area contributed by atoms with E-state index in [0.29, 0.717) is 13.4 Å². The number of nitrogens with two attached hydrogens (primary N) is 1. The van der Waals surface area contributed by atoms with Crippen LogP contribution in [0.15, 0.2) is 30.7 Å². The van der Waals surface area contributed by atoms with Crippen molar-refractivity contribution in [3.8, 4) is 5.75 Å². The SMILES string of the molecule is NC(=NO)C(COc1c(Br)cc(Br)cc1Br)C(F)(F)F. The third-order valence-corrected chi connectivity index (χ3v) is 3.86. The molecule has 4 nitrogen and oxygen atoms in total. The van der Waals surface area contributed by atoms with Crippen molar-refractivity contribution >= 4 is 53.6 Å². The summed E-state index contributed by atoms with van der Waals surface area (Å²) in [5, 5.41) is 10.8. The van der Waals surface area contributed by atoms with Gasteiger partial charge in [0, 0.05) is 4.47 Å². The molecule has 1 rings (SSSR count). The number of ether oxygens (including phenoxy) is 1. The molecule has 0 saturated heterocycles. The van der Waals surface area contributed by atoms with Gasteiger partial charge in [0.05, 0.1) is 8.95 Å². The Morgan fingerprint density at radius 2 is 1.80 bits per heavy atom. The Kier molecular flexibility index (Phi) is 6.14. The second-order valence-electron chi connectivity index (χ2n) is 3.63. The van der Waals surface area contributed by atoms with Crippen LogP contribution in [0.2, 0.25) is 0 Å². The van der Waals surface area contributed by atoms with Crippen molar-refractivity contribution in [2.75, 3.05) is 6.61 Å². The zero-order chi connectivity index (χ0) is 15.5. The van der Waals surface area contributed by atoms with Crippen molar-refractivity contribution in [2.24, 2.45) is 16.8 Å². The average Bonchev–Trinajstić information content (AvgIpc) is 2.30. The number of oxime groups is 1. The summed E-state index contributed by atoms with van der Waals surface area (Å²) in [4.78, 5) is 0. The molecule has 0 aliphatic carbocycles. The Morgan fingerprint density at radius 3 is 2.20 bits per heavy atom. The number of alkyl halides is 3. The summed E-state index contributed by atoms with van der Waals surface area (Å²) in [6.45, 7) is -0.807. The average molecular weight is 485 g/mol. The van der Waals surface area contributed by atoms with Crippen molar-refractivity contribution in [1.82, 2.24) is 0 Å². The minimum atomic E-state index is -4.68. The van der Waals surface area contributed by atoms with E-state index in [-0.39, 0.29) is 5.75 Å². The first-order valence-corrected chi connectivity index (χ1v) is 7.36. The van der Waals surface area contributed by atoms with E-state index in [1.54, 1.807) is 12.1 Å². The first-order chi connectivity index (χ1) is 9.16. The molecule has 0 aromatic heterocycles. The Balaban J connectivity index is 2.95. The molecule has 0 saturated carbocycles. The molecule has 0 heterocycles. The molecular formula is C10H8Br3F3N2O2. The van der Waals surface area contributed by atoms with E-state index in [4.69, 9.17) is 15.7 Å². The van der Waals surface area contributed by atoms with Gasteiger partial charge in [-0.25, -0.2) is 0 Å². The van der Waals surface area contributed by atoms with Crippen LogP contribution in [-0.2, 0) is 0 Å². The Hall–Kier alpha value is -0.480. The predicted octanol–water partition coefficient (Wildman–Crippen LogP) is 4.28. The summed E-state index contributed by atoms with van der Waals surface area (Å²) in [6.07, 6.45) is -4.68. The van der Waals surface area contributed by atoms with Crippen LogP contribution in [-0.4, -0.2) is 23.8 Å². The zero-order valence-electron chi connectivity index (χ0n) is 9.59. The molecule has 1 atom stereocenters. The molecule has 0 bridgehead atoms. The van der Waals surface area contributed by atoms with E-state index >= 15 is 0 Å². The van der Waals surface area contributed by atoms with E-state index in [1.807, 2.05) is 0 Å². The van der Waals surface area contributed by atoms with Gasteiger partial charge in [0.1, 0.15) is 18.3 Å². The quantitative estimate of drug-likeness (QED) is 0.290. The Labute approximate surface area is 137 Å². The first-order valence-electron chi connectivity index (χ1n) is 4.98. The molecule has 0 aliphatic rings. The molecule has 0 radical (unpaired) electrons. The highest BCUT2D eigenvalue weighted by atomic mass is 79.9. The number of amidine groups is 1. The number of benzene rings is 1. The summed E-state index contributed by atoms with van der Waals surface area (Å²) < 4.78 is 45.0. The maximum atomic E-state index is 12.7. The molecule has 0 aliphatic heterocycles. The number of hydrogen-bond acceptors (Lipinski definition) is 3. The lowest BCUT2D eigenvalue weighted by atomic mass is 10.1. The van der Waals surface area contributed by atoms with E-state index in [1.165, 1.54) is 0 Å². The Morgan fingerprint density at radius 1 is 1.30 bits per heavy atom. The smallest absolute Gasteiger partial charge is 0.402 e. The fourth-order valence-electron chi connectivity index (χ4n) is 1.25. The summed E-state index contributed by atoms with van der Waals surface area (Å²) >= 11 is 9.58. The van der Waals surface area contributed by atoms with Gasteiger partial charge in [-0.1, -0.05) is 21.1 Å². The number of nitrogens with zero attached hydrogens (tertiary/aromatic N) is 1. The molecule has 1 aromatic rings. The van der Waals surface area contributed by atoms with E-state index in [9.17, 15) is 13.2 Å². The van der Waals surface area contributed by atoms with Gasteiger partial charge in [-0.2, -0.15) is 13.2 Å². The predicted molar refractivity (Wildman–Crippen MR) is 78.0 cm³/mol. The molecule has 10 heteroatoms. The van der Waals surface area contributed by atoms with Crippen molar-refractivity contribution < 1.29 is 23.1 Å². The van der Waals surface area contributed by atoms with Gasteiger partial charge in [0.15, 0.2) is 5.84 Å². The fraction of sp³-hybridized carbons (Fsp3) is 0.300. The summed E-state index contributed by atoms with van der Waals surface area (Å²) in [6, 6.07) is 3.23. The molecule has 0 amide bonds. The molecule has 0 spiro atoms. The lowest BCUT2D eigenvalue weighted by Gasteiger charge is -2.20. The normalized spacial score (nSPS) is 14.2. The van der Waals surface area contributed by atoms with Crippen LogP contribution in [0.25, 0.3) is 0 Å². The standard InChI is InChI=1S/C10H8Br3F3N2O2/c11-4-1-6(12)8(7(13)2-4)20-3-5(9(17)18-19)10(14,15)16/h1-2,5,19H,3H2,(H2,17,18). The van der Waals surface area contributed by atoms with Crippen molar-refractivity contribution in [3.05, 3.63) is 25.6 Å². The summed E-state index contributed by atoms with van der Waals surface area (Å²) in [5.74, 6) is -2.97. The van der Waals surface area contributed by atoms with Gasteiger partial charge in [0.2, 0.25) is 0 Å². The summed E-state index contributed by atoms with van der Waals surface area (Å²) in [5.41, 5.74) is 5.04. The van der Waals surface area contributed by atoms with Gasteiger partial charge in [-0.15, -0.1) is 0 Å². The molecule has 1 aromatic carbocycles. The van der Waals surface area contributed by atoms with Crippen LogP contribution in [0, 0.1) is 5.92 Å². The molecule has 0 fully saturated rings. The third kappa shape index (κ3) is 4.52. The lowest BCUT2D eigenvalue weighted by molar-refractivity contribution is -0.162. The monoisotopic (exact) mass is 482 g/mol. The molecule has 1 unspecified atom stereocenters. The van der Waals surface area contributed by atoms with Crippen molar-refractivity contribution in [2.45, 2.75) is 6.18 Å². The van der Waals surface area contributed by atoms with Crippen LogP contribution < -0.4 is 10.5 Å². The van der Waals surface area contributed by atoms with Crippen LogP contribution in [0.5, 0.6) is 5.75 Å². The second kappa shape index (κ2) is 6.99. The molecule has 112 valence electrons. The van der Waals surface area contributed by atoms with E-state index in [0.717, 1.165) is 0 Å². The van der Waals surface area contributed by atoms with Gasteiger partial charge in [-0.05, 0) is 44.0 Å². The first kappa shape index (κ1) is 17.6. The van der Waals surface area contributed by atoms with Crippen molar-refractivity contribution in [1.29, 1.82) is 0 Å². The highest BCUT2D eigenvalue weighted by Crippen LogP contribution is 2.37. The van der Waals surface area contributed by atoms with Crippen LogP contribution in [0.1, 0.15) is 0 Å². The highest BCUT2D eigenvalue weighted by molar-refractivity contribution is 9.11. The fourth-order valence-corrected chi connectivity index (χ4v) is 3.74. The molecule has 3 N–H and O–H groups in total. The topological polar surface area (TPSA) is 67.8 Å². The minimum Gasteiger partial charge on any atom is -0.490 e. The van der Waals surface area contributed by atoms with Gasteiger partial charge >= 0.3 is 6.18 Å². The second-order valence-corrected chi connectivity index (χ2v) is 6.25. The van der Waals surface area contributed by atoms with Gasteiger partial charge in [0.25, 0.3) is 0 Å².